The van der Waals surface area contributed by atoms with Gasteiger partial charge in [0.15, 0.2) is 0 Å². The third kappa shape index (κ3) is 4.72. The predicted octanol–water partition coefficient (Wildman–Crippen LogP) is 3.85. The molecule has 2 aliphatic heterocycles. The van der Waals surface area contributed by atoms with E-state index < -0.39 is 0 Å². The molecule has 2 saturated heterocycles. The van der Waals surface area contributed by atoms with E-state index in [1.165, 1.54) is 5.56 Å². The zero-order valence-corrected chi connectivity index (χ0v) is 20.4. The third-order valence-electron chi connectivity index (χ3n) is 7.42. The van der Waals surface area contributed by atoms with Crippen LogP contribution < -0.4 is 0 Å². The standard InChI is InChI=1S/C27H34N4O3/c1-19-15-23(29-26(28-19)27(2)8-10-30(3)11-9-27)25(32)31-12-14-33-18-20(17-31)16-21-5-4-6-24-22(21)7-13-34-24/h4-7,13,15,20H,8-12,14,16-18H2,1-3H3/t20-/m0/s1. The van der Waals surface area contributed by atoms with Crippen LogP contribution in [0.5, 0.6) is 0 Å². The van der Waals surface area contributed by atoms with E-state index in [4.69, 9.17) is 19.1 Å². The monoisotopic (exact) mass is 462 g/mol. The zero-order valence-electron chi connectivity index (χ0n) is 20.4. The Morgan fingerprint density at radius 1 is 1.18 bits per heavy atom. The highest BCUT2D eigenvalue weighted by molar-refractivity contribution is 5.92. The van der Waals surface area contributed by atoms with Crippen LogP contribution >= 0.6 is 0 Å². The van der Waals surface area contributed by atoms with Crippen molar-refractivity contribution in [3.05, 3.63) is 59.4 Å². The fourth-order valence-corrected chi connectivity index (χ4v) is 5.18. The van der Waals surface area contributed by atoms with Gasteiger partial charge in [0.1, 0.15) is 17.1 Å². The van der Waals surface area contributed by atoms with Gasteiger partial charge < -0.3 is 19.0 Å². The van der Waals surface area contributed by atoms with Crippen LogP contribution in [0, 0.1) is 12.8 Å². The van der Waals surface area contributed by atoms with Gasteiger partial charge in [0.25, 0.3) is 5.91 Å². The van der Waals surface area contributed by atoms with E-state index in [1.807, 2.05) is 36.1 Å². The van der Waals surface area contributed by atoms with Crippen molar-refractivity contribution in [2.24, 2.45) is 5.92 Å². The molecule has 7 heteroatoms. The van der Waals surface area contributed by atoms with Crippen molar-refractivity contribution in [3.8, 4) is 0 Å². The molecular weight excluding hydrogens is 428 g/mol. The fourth-order valence-electron chi connectivity index (χ4n) is 5.18. The van der Waals surface area contributed by atoms with E-state index in [1.54, 1.807) is 6.26 Å². The van der Waals surface area contributed by atoms with Gasteiger partial charge in [0.05, 0.1) is 19.5 Å². The van der Waals surface area contributed by atoms with Crippen LogP contribution in [-0.2, 0) is 16.6 Å². The number of hydrogen-bond acceptors (Lipinski definition) is 6. The lowest BCUT2D eigenvalue weighted by molar-refractivity contribution is 0.0730. The molecule has 5 rings (SSSR count). The van der Waals surface area contributed by atoms with E-state index in [2.05, 4.69) is 24.9 Å². The van der Waals surface area contributed by atoms with Gasteiger partial charge in [-0.25, -0.2) is 9.97 Å². The molecule has 2 aromatic heterocycles. The summed E-state index contributed by atoms with van der Waals surface area (Å²) in [4.78, 5) is 27.5. The molecule has 1 amide bonds. The maximum Gasteiger partial charge on any atom is 0.272 e. The van der Waals surface area contributed by atoms with Crippen LogP contribution in [-0.4, -0.2) is 72.1 Å². The first kappa shape index (κ1) is 23.0. The molecule has 0 aliphatic carbocycles. The molecule has 2 fully saturated rings. The van der Waals surface area contributed by atoms with Crippen molar-refractivity contribution in [1.82, 2.24) is 19.8 Å². The molecule has 0 radical (unpaired) electrons. The second-order valence-electron chi connectivity index (χ2n) is 10.2. The lowest BCUT2D eigenvalue weighted by atomic mass is 9.79. The summed E-state index contributed by atoms with van der Waals surface area (Å²) in [5.74, 6) is 0.985. The summed E-state index contributed by atoms with van der Waals surface area (Å²) >= 11 is 0. The number of furan rings is 1. The fraction of sp³-hybridized carbons (Fsp3) is 0.519. The maximum absolute atomic E-state index is 13.6. The first-order chi connectivity index (χ1) is 16.4. The molecule has 34 heavy (non-hydrogen) atoms. The Labute approximate surface area is 201 Å². The van der Waals surface area contributed by atoms with Crippen molar-refractivity contribution in [2.45, 2.75) is 38.5 Å². The molecule has 0 spiro atoms. The summed E-state index contributed by atoms with van der Waals surface area (Å²) in [5, 5.41) is 1.13. The molecule has 0 saturated carbocycles. The highest BCUT2D eigenvalue weighted by Crippen LogP contribution is 2.33. The Morgan fingerprint density at radius 2 is 2.00 bits per heavy atom. The highest BCUT2D eigenvalue weighted by Gasteiger charge is 2.35. The molecular formula is C27H34N4O3. The van der Waals surface area contributed by atoms with Gasteiger partial charge in [-0.3, -0.25) is 4.79 Å². The van der Waals surface area contributed by atoms with Crippen molar-refractivity contribution in [3.63, 3.8) is 0 Å². The minimum atomic E-state index is -0.0960. The quantitative estimate of drug-likeness (QED) is 0.587. The Morgan fingerprint density at radius 3 is 2.82 bits per heavy atom. The Bertz CT molecular complexity index is 1170. The number of hydrogen-bond donors (Lipinski definition) is 0. The van der Waals surface area contributed by atoms with Gasteiger partial charge in [0.2, 0.25) is 0 Å². The van der Waals surface area contributed by atoms with Crippen LogP contribution in [0.15, 0.2) is 41.0 Å². The number of aryl methyl sites for hydroxylation is 1. The number of amides is 1. The molecule has 0 N–H and O–H groups in total. The minimum Gasteiger partial charge on any atom is -0.464 e. The number of piperidine rings is 1. The van der Waals surface area contributed by atoms with Gasteiger partial charge >= 0.3 is 0 Å². The third-order valence-corrected chi connectivity index (χ3v) is 7.42. The van der Waals surface area contributed by atoms with Crippen LogP contribution in [0.4, 0.5) is 0 Å². The van der Waals surface area contributed by atoms with Crippen LogP contribution in [0.2, 0.25) is 0 Å². The molecule has 1 atom stereocenters. The minimum absolute atomic E-state index is 0.0275. The Balaban J connectivity index is 1.35. The number of carbonyl (C=O) groups excluding carboxylic acids is 1. The van der Waals surface area contributed by atoms with E-state index >= 15 is 0 Å². The number of benzene rings is 1. The number of ether oxygens (including phenoxy) is 1. The normalized spacial score (nSPS) is 21.5. The van der Waals surface area contributed by atoms with Crippen LogP contribution in [0.1, 0.15) is 47.3 Å². The van der Waals surface area contributed by atoms with E-state index in [0.717, 1.165) is 54.8 Å². The molecule has 0 unspecified atom stereocenters. The Hall–Kier alpha value is -2.77. The topological polar surface area (TPSA) is 71.7 Å². The number of likely N-dealkylation sites (tertiary alicyclic amines) is 1. The van der Waals surface area contributed by atoms with E-state index in [-0.39, 0.29) is 17.2 Å². The van der Waals surface area contributed by atoms with E-state index in [0.29, 0.717) is 32.0 Å². The smallest absolute Gasteiger partial charge is 0.272 e. The SMILES string of the molecule is Cc1cc(C(=O)N2CCOC[C@@H](Cc3cccc4occc34)C2)nc(C2(C)CCN(C)CC2)n1. The lowest BCUT2D eigenvalue weighted by Gasteiger charge is -2.36. The van der Waals surface area contributed by atoms with Crippen molar-refractivity contribution in [2.75, 3.05) is 46.4 Å². The van der Waals surface area contributed by atoms with Crippen molar-refractivity contribution >= 4 is 16.9 Å². The molecule has 1 aromatic carbocycles. The number of fused-ring (bicyclic) bond motifs is 1. The second-order valence-corrected chi connectivity index (χ2v) is 10.2. The second kappa shape index (κ2) is 9.47. The van der Waals surface area contributed by atoms with Crippen molar-refractivity contribution < 1.29 is 13.9 Å². The lowest BCUT2D eigenvalue weighted by Crippen LogP contribution is -2.41. The molecule has 4 heterocycles. The van der Waals surface area contributed by atoms with Gasteiger partial charge in [-0.15, -0.1) is 0 Å². The number of aromatic nitrogens is 2. The molecule has 0 bridgehead atoms. The summed E-state index contributed by atoms with van der Waals surface area (Å²) in [7, 11) is 2.15. The van der Waals surface area contributed by atoms with Crippen molar-refractivity contribution in [1.29, 1.82) is 0 Å². The van der Waals surface area contributed by atoms with Crippen LogP contribution in [0.25, 0.3) is 11.0 Å². The maximum atomic E-state index is 13.6. The largest absolute Gasteiger partial charge is 0.464 e. The van der Waals surface area contributed by atoms with Gasteiger partial charge in [-0.05, 0) is 70.1 Å². The number of rotatable bonds is 4. The number of nitrogens with zero attached hydrogens (tertiary/aromatic N) is 4. The van der Waals surface area contributed by atoms with Gasteiger partial charge in [-0.2, -0.15) is 0 Å². The molecule has 2 aliphatic rings. The average molecular weight is 463 g/mol. The molecule has 7 nitrogen and oxygen atoms in total. The summed E-state index contributed by atoms with van der Waals surface area (Å²) in [6.07, 6.45) is 4.56. The first-order valence-electron chi connectivity index (χ1n) is 12.3. The summed E-state index contributed by atoms with van der Waals surface area (Å²) in [5.41, 5.74) is 3.38. The highest BCUT2D eigenvalue weighted by atomic mass is 16.5. The molecule has 3 aromatic rings. The van der Waals surface area contributed by atoms with Gasteiger partial charge in [0, 0.05) is 35.5 Å². The Kier molecular flexibility index (Phi) is 6.40. The first-order valence-corrected chi connectivity index (χ1v) is 12.3. The van der Waals surface area contributed by atoms with Crippen LogP contribution in [0.3, 0.4) is 0 Å². The number of carbonyl (C=O) groups is 1. The summed E-state index contributed by atoms with van der Waals surface area (Å²) < 4.78 is 11.5. The van der Waals surface area contributed by atoms with Gasteiger partial charge in [-0.1, -0.05) is 19.1 Å². The predicted molar refractivity (Wildman–Crippen MR) is 131 cm³/mol. The summed E-state index contributed by atoms with van der Waals surface area (Å²) in [6.45, 7) is 8.63. The average Bonchev–Trinajstić information content (AvgIpc) is 3.20. The summed E-state index contributed by atoms with van der Waals surface area (Å²) in [6, 6.07) is 9.99. The molecule has 180 valence electrons. The zero-order chi connectivity index (χ0) is 23.7. The van der Waals surface area contributed by atoms with E-state index in [9.17, 15) is 4.79 Å².